The first-order chi connectivity index (χ1) is 14.7. The van der Waals surface area contributed by atoms with Crippen molar-refractivity contribution in [2.45, 2.75) is 13.3 Å². The molecule has 158 valence electrons. The highest BCUT2D eigenvalue weighted by Crippen LogP contribution is 2.22. The maximum atomic E-state index is 5.45. The summed E-state index contributed by atoms with van der Waals surface area (Å²) in [4.78, 5) is 13.2. The third kappa shape index (κ3) is 6.15. The van der Waals surface area contributed by atoms with Crippen LogP contribution in [0.25, 0.3) is 11.3 Å². The van der Waals surface area contributed by atoms with Gasteiger partial charge in [0, 0.05) is 37.5 Å². The molecule has 0 aliphatic carbocycles. The average Bonchev–Trinajstić information content (AvgIpc) is 2.79. The van der Waals surface area contributed by atoms with E-state index in [1.165, 1.54) is 5.56 Å². The summed E-state index contributed by atoms with van der Waals surface area (Å²) in [5.41, 5.74) is 3.02. The number of anilines is 2. The van der Waals surface area contributed by atoms with Gasteiger partial charge in [-0.15, -0.1) is 0 Å². The van der Waals surface area contributed by atoms with Crippen molar-refractivity contribution in [3.8, 4) is 17.0 Å². The molecule has 0 saturated carbocycles. The molecule has 3 aromatic rings. The average molecular weight is 407 g/mol. The molecule has 0 bridgehead atoms. The molecule has 1 aromatic carbocycles. The SMILES string of the molecule is CNCCNc1ccc(-c2cc(NCC(C)Cc3ccccc3OC)ncn2)cn1. The summed E-state index contributed by atoms with van der Waals surface area (Å²) >= 11 is 0. The van der Waals surface area contributed by atoms with Gasteiger partial charge in [-0.2, -0.15) is 0 Å². The zero-order valence-electron chi connectivity index (χ0n) is 17.9. The molecule has 0 amide bonds. The Kier molecular flexibility index (Phi) is 7.97. The molecule has 1 unspecified atom stereocenters. The first kappa shape index (κ1) is 21.5. The van der Waals surface area contributed by atoms with Crippen LogP contribution in [0, 0.1) is 5.92 Å². The van der Waals surface area contributed by atoms with Crippen molar-refractivity contribution in [2.75, 3.05) is 44.4 Å². The van der Waals surface area contributed by atoms with Crippen molar-refractivity contribution in [3.05, 3.63) is 60.6 Å². The van der Waals surface area contributed by atoms with Gasteiger partial charge < -0.3 is 20.7 Å². The summed E-state index contributed by atoms with van der Waals surface area (Å²) in [7, 11) is 3.64. The quantitative estimate of drug-likeness (QED) is 0.421. The lowest BCUT2D eigenvalue weighted by atomic mass is 10.0. The molecule has 0 aliphatic rings. The van der Waals surface area contributed by atoms with Crippen LogP contribution >= 0.6 is 0 Å². The zero-order valence-corrected chi connectivity index (χ0v) is 17.9. The van der Waals surface area contributed by atoms with Gasteiger partial charge in [-0.3, -0.25) is 0 Å². The lowest BCUT2D eigenvalue weighted by molar-refractivity contribution is 0.406. The Morgan fingerprint density at radius 3 is 2.60 bits per heavy atom. The van der Waals surface area contributed by atoms with E-state index in [-0.39, 0.29) is 0 Å². The second-order valence-corrected chi connectivity index (χ2v) is 7.25. The molecule has 3 N–H and O–H groups in total. The minimum atomic E-state index is 0.421. The minimum Gasteiger partial charge on any atom is -0.496 e. The molecule has 2 aromatic heterocycles. The summed E-state index contributed by atoms with van der Waals surface area (Å²) in [5.74, 6) is 3.02. The van der Waals surface area contributed by atoms with E-state index in [1.807, 2.05) is 49.6 Å². The van der Waals surface area contributed by atoms with Crippen LogP contribution in [0.5, 0.6) is 5.75 Å². The summed E-state index contributed by atoms with van der Waals surface area (Å²) in [5, 5.41) is 9.80. The second-order valence-electron chi connectivity index (χ2n) is 7.25. The van der Waals surface area contributed by atoms with Crippen LogP contribution in [0.1, 0.15) is 12.5 Å². The van der Waals surface area contributed by atoms with Crippen molar-refractivity contribution in [2.24, 2.45) is 5.92 Å². The molecule has 0 radical (unpaired) electrons. The number of rotatable bonds is 11. The van der Waals surface area contributed by atoms with E-state index >= 15 is 0 Å². The third-order valence-electron chi connectivity index (χ3n) is 4.80. The number of aromatic nitrogens is 3. The Bertz CT molecular complexity index is 916. The molecule has 0 aliphatic heterocycles. The highest BCUT2D eigenvalue weighted by atomic mass is 16.5. The van der Waals surface area contributed by atoms with Gasteiger partial charge in [0.2, 0.25) is 0 Å². The molecule has 0 saturated heterocycles. The number of methoxy groups -OCH3 is 1. The molecule has 0 spiro atoms. The van der Waals surface area contributed by atoms with Gasteiger partial charge in [0.1, 0.15) is 23.7 Å². The summed E-state index contributed by atoms with van der Waals surface area (Å²) in [6, 6.07) is 14.1. The van der Waals surface area contributed by atoms with Crippen LogP contribution in [-0.2, 0) is 6.42 Å². The summed E-state index contributed by atoms with van der Waals surface area (Å²) in [6.07, 6.45) is 4.35. The number of ether oxygens (including phenoxy) is 1. The first-order valence-electron chi connectivity index (χ1n) is 10.2. The molecule has 7 nitrogen and oxygen atoms in total. The number of hydrogen-bond acceptors (Lipinski definition) is 7. The highest BCUT2D eigenvalue weighted by Gasteiger charge is 2.09. The van der Waals surface area contributed by atoms with E-state index in [0.29, 0.717) is 5.92 Å². The highest BCUT2D eigenvalue weighted by molar-refractivity contribution is 5.62. The zero-order chi connectivity index (χ0) is 21.2. The molecule has 2 heterocycles. The van der Waals surface area contributed by atoms with Gasteiger partial charge in [-0.1, -0.05) is 25.1 Å². The van der Waals surface area contributed by atoms with E-state index in [9.17, 15) is 0 Å². The maximum Gasteiger partial charge on any atom is 0.129 e. The predicted molar refractivity (Wildman–Crippen MR) is 122 cm³/mol. The topological polar surface area (TPSA) is 84.0 Å². The number of nitrogens with zero attached hydrogens (tertiary/aromatic N) is 3. The van der Waals surface area contributed by atoms with Gasteiger partial charge in [-0.25, -0.2) is 15.0 Å². The van der Waals surface area contributed by atoms with Crippen LogP contribution in [0.2, 0.25) is 0 Å². The third-order valence-corrected chi connectivity index (χ3v) is 4.80. The molecule has 3 rings (SSSR count). The van der Waals surface area contributed by atoms with Crippen LogP contribution in [0.15, 0.2) is 55.0 Å². The second kappa shape index (κ2) is 11.1. The number of nitrogens with one attached hydrogen (secondary N) is 3. The number of benzene rings is 1. The van der Waals surface area contributed by atoms with Gasteiger partial charge in [0.25, 0.3) is 0 Å². The van der Waals surface area contributed by atoms with Crippen LogP contribution in [0.4, 0.5) is 11.6 Å². The standard InChI is InChI=1S/C23H30N6O/c1-17(12-18-6-4-5-7-21(18)30-3)14-26-23-13-20(28-16-29-23)19-8-9-22(27-15-19)25-11-10-24-2/h4-9,13,15-17,24H,10-12,14H2,1-3H3,(H,25,27)(H,26,28,29). The first-order valence-corrected chi connectivity index (χ1v) is 10.2. The van der Waals surface area contributed by atoms with Crippen LogP contribution in [-0.4, -0.2) is 48.7 Å². The van der Waals surface area contributed by atoms with Crippen molar-refractivity contribution in [1.82, 2.24) is 20.3 Å². The Morgan fingerprint density at radius 2 is 1.83 bits per heavy atom. The van der Waals surface area contributed by atoms with Crippen molar-refractivity contribution in [1.29, 1.82) is 0 Å². The van der Waals surface area contributed by atoms with E-state index in [0.717, 1.165) is 54.7 Å². The monoisotopic (exact) mass is 406 g/mol. The molecule has 30 heavy (non-hydrogen) atoms. The smallest absolute Gasteiger partial charge is 0.129 e. The minimum absolute atomic E-state index is 0.421. The van der Waals surface area contributed by atoms with Crippen molar-refractivity contribution < 1.29 is 4.74 Å². The molecule has 7 heteroatoms. The van der Waals surface area contributed by atoms with E-state index in [4.69, 9.17) is 4.74 Å². The van der Waals surface area contributed by atoms with E-state index in [2.05, 4.69) is 43.9 Å². The number of hydrogen-bond donors (Lipinski definition) is 3. The molecule has 0 fully saturated rings. The van der Waals surface area contributed by atoms with E-state index in [1.54, 1.807) is 13.4 Å². The molecule has 1 atom stereocenters. The van der Waals surface area contributed by atoms with Gasteiger partial charge >= 0.3 is 0 Å². The number of para-hydroxylation sites is 1. The Balaban J connectivity index is 1.57. The predicted octanol–water partition coefficient (Wildman–Crippen LogP) is 3.47. The Hall–Kier alpha value is -3.19. The Morgan fingerprint density at radius 1 is 0.967 bits per heavy atom. The summed E-state index contributed by atoms with van der Waals surface area (Å²) < 4.78 is 5.45. The fourth-order valence-corrected chi connectivity index (χ4v) is 3.18. The lowest BCUT2D eigenvalue weighted by Gasteiger charge is -2.15. The largest absolute Gasteiger partial charge is 0.496 e. The fraction of sp³-hybridized carbons (Fsp3) is 0.348. The van der Waals surface area contributed by atoms with Gasteiger partial charge in [-0.05, 0) is 43.1 Å². The summed E-state index contributed by atoms with van der Waals surface area (Å²) in [6.45, 7) is 4.74. The molecular formula is C23H30N6O. The van der Waals surface area contributed by atoms with Crippen molar-refractivity contribution >= 4 is 11.6 Å². The van der Waals surface area contributed by atoms with Gasteiger partial charge in [0.05, 0.1) is 12.8 Å². The number of pyridine rings is 1. The van der Waals surface area contributed by atoms with Crippen LogP contribution < -0.4 is 20.7 Å². The number of likely N-dealkylation sites (N-methyl/N-ethyl adjacent to an activating group) is 1. The Labute approximate surface area is 178 Å². The fourth-order valence-electron chi connectivity index (χ4n) is 3.18. The lowest BCUT2D eigenvalue weighted by Crippen LogP contribution is -2.18. The van der Waals surface area contributed by atoms with Crippen LogP contribution in [0.3, 0.4) is 0 Å². The maximum absolute atomic E-state index is 5.45. The van der Waals surface area contributed by atoms with E-state index < -0.39 is 0 Å². The molecular weight excluding hydrogens is 376 g/mol. The van der Waals surface area contributed by atoms with Crippen molar-refractivity contribution in [3.63, 3.8) is 0 Å². The van der Waals surface area contributed by atoms with Gasteiger partial charge in [0.15, 0.2) is 0 Å². The normalized spacial score (nSPS) is 11.7.